The molecule has 0 bridgehead atoms. The summed E-state index contributed by atoms with van der Waals surface area (Å²) in [4.78, 5) is 0. The maximum atomic E-state index is 6.56. The van der Waals surface area contributed by atoms with E-state index in [-0.39, 0.29) is 11.0 Å². The lowest BCUT2D eigenvalue weighted by molar-refractivity contribution is 0.138. The van der Waals surface area contributed by atoms with Crippen molar-refractivity contribution in [1.82, 2.24) is 0 Å². The Hall–Kier alpha value is -1.47. The monoisotopic (exact) mass is 272 g/mol. The molecule has 2 aromatic carbocycles. The number of benzene rings is 2. The molecule has 1 heterocycles. The summed E-state index contributed by atoms with van der Waals surface area (Å²) in [6.45, 7) is 4.23. The van der Waals surface area contributed by atoms with Gasteiger partial charge in [-0.2, -0.15) is 0 Å². The van der Waals surface area contributed by atoms with E-state index < -0.39 is 0 Å². The van der Waals surface area contributed by atoms with Gasteiger partial charge in [0, 0.05) is 6.42 Å². The van der Waals surface area contributed by atoms with Crippen molar-refractivity contribution in [2.75, 3.05) is 0 Å². The van der Waals surface area contributed by atoms with Crippen LogP contribution in [0.3, 0.4) is 0 Å². The summed E-state index contributed by atoms with van der Waals surface area (Å²) in [5.41, 5.74) is 3.41. The van der Waals surface area contributed by atoms with E-state index >= 15 is 0 Å². The molecule has 0 spiro atoms. The third kappa shape index (κ3) is 2.48. The van der Waals surface area contributed by atoms with Gasteiger partial charge >= 0.3 is 0 Å². The number of hydrogen-bond acceptors (Lipinski definition) is 1. The van der Waals surface area contributed by atoms with E-state index in [1.54, 1.807) is 0 Å². The third-order valence-electron chi connectivity index (χ3n) is 3.47. The molecular formula is C17H17ClO. The van der Waals surface area contributed by atoms with Gasteiger partial charge in [0.05, 0.1) is 5.38 Å². The van der Waals surface area contributed by atoms with Crippen LogP contribution in [0.25, 0.3) is 0 Å². The van der Waals surface area contributed by atoms with E-state index in [4.69, 9.17) is 16.3 Å². The molecule has 19 heavy (non-hydrogen) atoms. The smallest absolute Gasteiger partial charge is 0.123 e. The number of halogens is 1. The Morgan fingerprint density at radius 3 is 2.53 bits per heavy atom. The lowest BCUT2D eigenvalue weighted by atomic mass is 9.97. The SMILES string of the molecule is CC1(C)Cc2cc(C(Cl)c3ccccc3)ccc2O1. The van der Waals surface area contributed by atoms with Crippen molar-refractivity contribution < 1.29 is 4.74 Å². The zero-order valence-corrected chi connectivity index (χ0v) is 11.9. The minimum atomic E-state index is -0.102. The molecule has 0 amide bonds. The van der Waals surface area contributed by atoms with Crippen LogP contribution < -0.4 is 4.74 Å². The van der Waals surface area contributed by atoms with E-state index in [1.807, 2.05) is 24.3 Å². The van der Waals surface area contributed by atoms with Crippen molar-refractivity contribution in [3.63, 3.8) is 0 Å². The van der Waals surface area contributed by atoms with E-state index in [9.17, 15) is 0 Å². The van der Waals surface area contributed by atoms with Crippen LogP contribution in [0.5, 0.6) is 5.75 Å². The van der Waals surface area contributed by atoms with Gasteiger partial charge in [0.2, 0.25) is 0 Å². The molecule has 3 rings (SSSR count). The highest BCUT2D eigenvalue weighted by Gasteiger charge is 2.30. The first-order chi connectivity index (χ1) is 9.05. The number of ether oxygens (including phenoxy) is 1. The highest BCUT2D eigenvalue weighted by Crippen LogP contribution is 2.38. The summed E-state index contributed by atoms with van der Waals surface area (Å²) in [6, 6.07) is 16.4. The molecule has 0 N–H and O–H groups in total. The van der Waals surface area contributed by atoms with Crippen molar-refractivity contribution >= 4 is 11.6 Å². The molecule has 1 unspecified atom stereocenters. The van der Waals surface area contributed by atoms with Gasteiger partial charge in [-0.1, -0.05) is 42.5 Å². The first-order valence-electron chi connectivity index (χ1n) is 6.56. The van der Waals surface area contributed by atoms with Crippen molar-refractivity contribution in [1.29, 1.82) is 0 Å². The average molecular weight is 273 g/mol. The van der Waals surface area contributed by atoms with Gasteiger partial charge in [0.1, 0.15) is 11.4 Å². The lowest BCUT2D eigenvalue weighted by Crippen LogP contribution is -2.24. The predicted molar refractivity (Wildman–Crippen MR) is 79.0 cm³/mol. The number of fused-ring (bicyclic) bond motifs is 1. The highest BCUT2D eigenvalue weighted by atomic mass is 35.5. The number of rotatable bonds is 2. The number of alkyl halides is 1. The van der Waals surface area contributed by atoms with Crippen molar-refractivity contribution in [3.8, 4) is 5.75 Å². The zero-order chi connectivity index (χ0) is 13.5. The minimum Gasteiger partial charge on any atom is -0.487 e. The predicted octanol–water partition coefficient (Wildman–Crippen LogP) is 4.73. The molecule has 98 valence electrons. The molecule has 0 radical (unpaired) electrons. The Morgan fingerprint density at radius 1 is 1.05 bits per heavy atom. The lowest BCUT2D eigenvalue weighted by Gasteiger charge is -2.16. The minimum absolute atomic E-state index is 0.102. The van der Waals surface area contributed by atoms with Crippen LogP contribution in [-0.4, -0.2) is 5.60 Å². The molecule has 0 saturated heterocycles. The fourth-order valence-corrected chi connectivity index (χ4v) is 2.88. The van der Waals surface area contributed by atoms with Gasteiger partial charge in [-0.3, -0.25) is 0 Å². The summed E-state index contributed by atoms with van der Waals surface area (Å²) in [5.74, 6) is 0.991. The normalized spacial score (nSPS) is 17.6. The Kier molecular flexibility index (Phi) is 3.02. The second-order valence-corrected chi connectivity index (χ2v) is 6.12. The van der Waals surface area contributed by atoms with Crippen molar-refractivity contribution in [2.45, 2.75) is 31.2 Å². The second kappa shape index (κ2) is 4.57. The second-order valence-electron chi connectivity index (χ2n) is 5.68. The Balaban J connectivity index is 1.92. The molecule has 1 atom stereocenters. The summed E-state index contributed by atoms with van der Waals surface area (Å²) in [7, 11) is 0. The molecule has 0 saturated carbocycles. The van der Waals surface area contributed by atoms with Crippen molar-refractivity contribution in [3.05, 3.63) is 65.2 Å². The van der Waals surface area contributed by atoms with Crippen LogP contribution >= 0.6 is 11.6 Å². The Bertz CT molecular complexity index is 589. The third-order valence-corrected chi connectivity index (χ3v) is 3.98. The van der Waals surface area contributed by atoms with Crippen LogP contribution in [0, 0.1) is 0 Å². The van der Waals surface area contributed by atoms with Crippen LogP contribution in [0.4, 0.5) is 0 Å². The Morgan fingerprint density at radius 2 is 1.79 bits per heavy atom. The van der Waals surface area contributed by atoms with Crippen LogP contribution in [0.15, 0.2) is 48.5 Å². The molecule has 2 heteroatoms. The van der Waals surface area contributed by atoms with E-state index in [0.29, 0.717) is 0 Å². The molecule has 0 fully saturated rings. The van der Waals surface area contributed by atoms with Gasteiger partial charge in [0.15, 0.2) is 0 Å². The fourth-order valence-electron chi connectivity index (χ4n) is 2.60. The van der Waals surface area contributed by atoms with Gasteiger partial charge in [-0.25, -0.2) is 0 Å². The first kappa shape index (κ1) is 12.6. The van der Waals surface area contributed by atoms with Gasteiger partial charge in [-0.15, -0.1) is 11.6 Å². The van der Waals surface area contributed by atoms with E-state index in [1.165, 1.54) is 5.56 Å². The zero-order valence-electron chi connectivity index (χ0n) is 11.2. The first-order valence-corrected chi connectivity index (χ1v) is 7.00. The average Bonchev–Trinajstić information content (AvgIpc) is 2.71. The molecule has 1 aliphatic heterocycles. The quantitative estimate of drug-likeness (QED) is 0.718. The van der Waals surface area contributed by atoms with Crippen LogP contribution in [0.1, 0.15) is 35.9 Å². The van der Waals surface area contributed by atoms with Crippen LogP contribution in [-0.2, 0) is 6.42 Å². The van der Waals surface area contributed by atoms with E-state index in [0.717, 1.165) is 23.3 Å². The number of hydrogen-bond donors (Lipinski definition) is 0. The molecule has 0 aromatic heterocycles. The van der Waals surface area contributed by atoms with E-state index in [2.05, 4.69) is 38.1 Å². The van der Waals surface area contributed by atoms with Gasteiger partial charge in [-0.05, 0) is 36.6 Å². The molecular weight excluding hydrogens is 256 g/mol. The van der Waals surface area contributed by atoms with Crippen molar-refractivity contribution in [2.24, 2.45) is 0 Å². The molecule has 1 nitrogen and oxygen atoms in total. The standard InChI is InChI=1S/C17H17ClO/c1-17(2)11-14-10-13(8-9-15(14)19-17)16(18)12-6-4-3-5-7-12/h3-10,16H,11H2,1-2H3. The topological polar surface area (TPSA) is 9.23 Å². The molecule has 2 aromatic rings. The maximum Gasteiger partial charge on any atom is 0.123 e. The van der Waals surface area contributed by atoms with Crippen LogP contribution in [0.2, 0.25) is 0 Å². The highest BCUT2D eigenvalue weighted by molar-refractivity contribution is 6.22. The summed E-state index contributed by atoms with van der Waals surface area (Å²) in [5, 5.41) is -0.102. The summed E-state index contributed by atoms with van der Waals surface area (Å²) >= 11 is 6.56. The summed E-state index contributed by atoms with van der Waals surface area (Å²) < 4.78 is 5.89. The molecule has 0 aliphatic carbocycles. The van der Waals surface area contributed by atoms with Gasteiger partial charge < -0.3 is 4.74 Å². The Labute approximate surface area is 119 Å². The summed E-state index contributed by atoms with van der Waals surface area (Å²) in [6.07, 6.45) is 0.939. The maximum absolute atomic E-state index is 6.56. The van der Waals surface area contributed by atoms with Gasteiger partial charge in [0.25, 0.3) is 0 Å². The largest absolute Gasteiger partial charge is 0.487 e. The molecule has 1 aliphatic rings. The fraction of sp³-hybridized carbons (Fsp3) is 0.294.